The molecule has 0 saturated carbocycles. The van der Waals surface area contributed by atoms with Gasteiger partial charge < -0.3 is 10.2 Å². The van der Waals surface area contributed by atoms with Gasteiger partial charge in [0, 0.05) is 57.9 Å². The first kappa shape index (κ1) is 24.1. The summed E-state index contributed by atoms with van der Waals surface area (Å²) in [6.07, 6.45) is 1.77. The quantitative estimate of drug-likeness (QED) is 0.519. The molecule has 0 atom stereocenters. The Morgan fingerprint density at radius 1 is 1.00 bits per heavy atom. The third-order valence-corrected chi connectivity index (χ3v) is 9.53. The molecular weight excluding hydrogens is 489 g/mol. The summed E-state index contributed by atoms with van der Waals surface area (Å²) < 4.78 is 41.6. The van der Waals surface area contributed by atoms with Crippen molar-refractivity contribution in [1.29, 1.82) is 0 Å². The smallest absolute Gasteiger partial charge is 0.251 e. The highest BCUT2D eigenvalue weighted by molar-refractivity contribution is 7.89. The average Bonchev–Trinajstić information content (AvgIpc) is 3.56. The first-order valence-electron chi connectivity index (χ1n) is 11.8. The van der Waals surface area contributed by atoms with Crippen LogP contribution in [0.3, 0.4) is 0 Å². The first-order valence-corrected chi connectivity index (χ1v) is 14.1. The van der Waals surface area contributed by atoms with E-state index in [2.05, 4.69) is 20.1 Å². The van der Waals surface area contributed by atoms with Crippen LogP contribution in [0.2, 0.25) is 0 Å². The maximum absolute atomic E-state index is 13.9. The van der Waals surface area contributed by atoms with Gasteiger partial charge in [-0.15, -0.1) is 0 Å². The molecule has 2 saturated heterocycles. The molecular formula is C24H28FN5O3S2. The van der Waals surface area contributed by atoms with E-state index in [9.17, 15) is 17.6 Å². The summed E-state index contributed by atoms with van der Waals surface area (Å²) in [5.74, 6) is -0.507. The number of thiazole rings is 1. The van der Waals surface area contributed by atoms with Crippen LogP contribution < -0.4 is 10.2 Å². The Morgan fingerprint density at radius 2 is 1.71 bits per heavy atom. The van der Waals surface area contributed by atoms with Gasteiger partial charge in [-0.3, -0.25) is 9.69 Å². The van der Waals surface area contributed by atoms with Gasteiger partial charge in [-0.2, -0.15) is 4.31 Å². The van der Waals surface area contributed by atoms with Gasteiger partial charge in [0.05, 0.1) is 9.60 Å². The molecule has 2 fully saturated rings. The number of nitrogens with zero attached hydrogens (tertiary/aromatic N) is 4. The summed E-state index contributed by atoms with van der Waals surface area (Å²) >= 11 is 1.51. The largest absolute Gasteiger partial charge is 0.351 e. The highest BCUT2D eigenvalue weighted by Gasteiger charge is 2.27. The predicted molar refractivity (Wildman–Crippen MR) is 135 cm³/mol. The van der Waals surface area contributed by atoms with E-state index in [1.807, 2.05) is 6.07 Å². The fourth-order valence-electron chi connectivity index (χ4n) is 4.49. The minimum Gasteiger partial charge on any atom is -0.351 e. The van der Waals surface area contributed by atoms with E-state index in [-0.39, 0.29) is 16.6 Å². The minimum absolute atomic E-state index is 0.217. The highest BCUT2D eigenvalue weighted by atomic mass is 32.2. The van der Waals surface area contributed by atoms with Gasteiger partial charge in [0.15, 0.2) is 5.13 Å². The molecule has 11 heteroatoms. The van der Waals surface area contributed by atoms with Crippen LogP contribution in [0, 0.1) is 5.82 Å². The number of para-hydroxylation sites is 1. The van der Waals surface area contributed by atoms with E-state index in [0.717, 1.165) is 55.4 Å². The van der Waals surface area contributed by atoms with Crippen molar-refractivity contribution in [2.45, 2.75) is 17.7 Å². The Hall–Kier alpha value is -2.60. The molecule has 0 aliphatic carbocycles. The summed E-state index contributed by atoms with van der Waals surface area (Å²) in [7, 11) is -3.48. The molecule has 1 N–H and O–H groups in total. The van der Waals surface area contributed by atoms with Crippen molar-refractivity contribution in [3.05, 3.63) is 53.8 Å². The molecule has 2 aliphatic heterocycles. The molecule has 0 radical (unpaired) electrons. The van der Waals surface area contributed by atoms with E-state index >= 15 is 0 Å². The molecule has 186 valence electrons. The molecule has 35 heavy (non-hydrogen) atoms. The number of benzene rings is 2. The third-order valence-electron chi connectivity index (χ3n) is 6.53. The second kappa shape index (κ2) is 10.2. The van der Waals surface area contributed by atoms with E-state index in [1.165, 1.54) is 33.8 Å². The number of halogens is 1. The zero-order valence-electron chi connectivity index (χ0n) is 19.3. The van der Waals surface area contributed by atoms with Gasteiger partial charge in [0.1, 0.15) is 11.3 Å². The number of anilines is 1. The number of carbonyl (C=O) groups excluding carboxylic acids is 1. The topological polar surface area (TPSA) is 85.9 Å². The first-order chi connectivity index (χ1) is 16.9. The normalized spacial score (nSPS) is 17.8. The number of sulfonamides is 1. The lowest BCUT2D eigenvalue weighted by molar-refractivity contribution is 0.0947. The van der Waals surface area contributed by atoms with Gasteiger partial charge >= 0.3 is 0 Å². The summed E-state index contributed by atoms with van der Waals surface area (Å²) in [5, 5.41) is 3.76. The Labute approximate surface area is 208 Å². The molecule has 5 rings (SSSR count). The zero-order valence-corrected chi connectivity index (χ0v) is 21.0. The van der Waals surface area contributed by atoms with Crippen LogP contribution in [0.5, 0.6) is 0 Å². The Kier molecular flexibility index (Phi) is 7.01. The number of carbonyl (C=O) groups is 1. The lowest BCUT2D eigenvalue weighted by atomic mass is 10.2. The van der Waals surface area contributed by atoms with Crippen LogP contribution in [0.4, 0.5) is 9.52 Å². The summed E-state index contributed by atoms with van der Waals surface area (Å²) in [6.45, 7) is 5.57. The van der Waals surface area contributed by atoms with Crippen molar-refractivity contribution in [3.63, 3.8) is 0 Å². The number of piperazine rings is 1. The van der Waals surface area contributed by atoms with Crippen LogP contribution in [0.25, 0.3) is 10.2 Å². The number of hydrogen-bond donors (Lipinski definition) is 1. The van der Waals surface area contributed by atoms with Crippen LogP contribution in [-0.4, -0.2) is 80.9 Å². The molecule has 1 aromatic heterocycles. The lowest BCUT2D eigenvalue weighted by Gasteiger charge is -2.34. The van der Waals surface area contributed by atoms with Crippen molar-refractivity contribution in [2.24, 2.45) is 0 Å². The number of fused-ring (bicyclic) bond motifs is 1. The maximum Gasteiger partial charge on any atom is 0.251 e. The van der Waals surface area contributed by atoms with Crippen molar-refractivity contribution in [1.82, 2.24) is 19.5 Å². The van der Waals surface area contributed by atoms with Crippen molar-refractivity contribution >= 4 is 42.6 Å². The van der Waals surface area contributed by atoms with Crippen LogP contribution >= 0.6 is 11.3 Å². The summed E-state index contributed by atoms with van der Waals surface area (Å²) in [6, 6.07) is 11.2. The fourth-order valence-corrected chi connectivity index (χ4v) is 7.04. The Bertz CT molecular complexity index is 1300. The van der Waals surface area contributed by atoms with E-state index in [4.69, 9.17) is 0 Å². The maximum atomic E-state index is 13.9. The van der Waals surface area contributed by atoms with Crippen LogP contribution in [-0.2, 0) is 10.0 Å². The highest BCUT2D eigenvalue weighted by Crippen LogP contribution is 2.30. The Morgan fingerprint density at radius 3 is 2.40 bits per heavy atom. The monoisotopic (exact) mass is 517 g/mol. The number of nitrogens with one attached hydrogen (secondary N) is 1. The molecule has 3 aromatic rings. The number of rotatable bonds is 7. The second-order valence-electron chi connectivity index (χ2n) is 8.80. The molecule has 2 aliphatic rings. The number of hydrogen-bond acceptors (Lipinski definition) is 7. The summed E-state index contributed by atoms with van der Waals surface area (Å²) in [5.41, 5.74) is 0.873. The molecule has 2 aromatic carbocycles. The minimum atomic E-state index is -3.48. The van der Waals surface area contributed by atoms with E-state index < -0.39 is 10.0 Å². The van der Waals surface area contributed by atoms with Gasteiger partial charge in [-0.1, -0.05) is 17.4 Å². The zero-order chi connectivity index (χ0) is 24.4. The fraction of sp³-hybridized carbons (Fsp3) is 0.417. The SMILES string of the molecule is O=C(NCCN1CCN(c2nc3c(F)cccc3s2)CC1)c1ccc(S(=O)(=O)N2CCCC2)cc1. The number of amides is 1. The van der Waals surface area contributed by atoms with Gasteiger partial charge in [-0.05, 0) is 49.2 Å². The van der Waals surface area contributed by atoms with Crippen molar-refractivity contribution in [3.8, 4) is 0 Å². The van der Waals surface area contributed by atoms with Gasteiger partial charge in [0.25, 0.3) is 5.91 Å². The molecule has 0 unspecified atom stereocenters. The summed E-state index contributed by atoms with van der Waals surface area (Å²) in [4.78, 5) is 21.7. The standard InChI is InChI=1S/C24H28FN5O3S2/c25-20-4-3-5-21-22(20)27-24(34-21)29-16-14-28(15-17-29)13-10-26-23(31)18-6-8-19(9-7-18)35(32,33)30-11-1-2-12-30/h3-9H,1-2,10-17H2,(H,26,31). The van der Waals surface area contributed by atoms with Crippen molar-refractivity contribution in [2.75, 3.05) is 57.3 Å². The van der Waals surface area contributed by atoms with Gasteiger partial charge in [0.2, 0.25) is 10.0 Å². The molecule has 3 heterocycles. The average molecular weight is 518 g/mol. The van der Waals surface area contributed by atoms with E-state index in [1.54, 1.807) is 18.2 Å². The molecule has 1 amide bonds. The Balaban J connectivity index is 1.08. The van der Waals surface area contributed by atoms with Crippen LogP contribution in [0.15, 0.2) is 47.4 Å². The van der Waals surface area contributed by atoms with E-state index in [0.29, 0.717) is 30.7 Å². The lowest BCUT2D eigenvalue weighted by Crippen LogP contribution is -2.48. The van der Waals surface area contributed by atoms with Gasteiger partial charge in [-0.25, -0.2) is 17.8 Å². The second-order valence-corrected chi connectivity index (χ2v) is 11.8. The van der Waals surface area contributed by atoms with Crippen LogP contribution in [0.1, 0.15) is 23.2 Å². The predicted octanol–water partition coefficient (Wildman–Crippen LogP) is 2.77. The molecule has 0 spiro atoms. The molecule has 0 bridgehead atoms. The molecule has 8 nitrogen and oxygen atoms in total. The third kappa shape index (κ3) is 5.18. The van der Waals surface area contributed by atoms with Crippen molar-refractivity contribution < 1.29 is 17.6 Å². The number of aromatic nitrogens is 1.